The van der Waals surface area contributed by atoms with Crippen molar-refractivity contribution in [2.75, 3.05) is 22.9 Å². The maximum Gasteiger partial charge on any atom is 0.230 e. The highest BCUT2D eigenvalue weighted by molar-refractivity contribution is 5.45. The molecule has 0 aromatic carbocycles. The van der Waals surface area contributed by atoms with Crippen molar-refractivity contribution < 1.29 is 0 Å². The molecule has 2 aliphatic heterocycles. The van der Waals surface area contributed by atoms with Gasteiger partial charge >= 0.3 is 0 Å². The number of azide groups is 1. The Morgan fingerprint density at radius 1 is 0.913 bits per heavy atom. The second-order valence-corrected chi connectivity index (χ2v) is 6.50. The molecule has 2 saturated heterocycles. The fourth-order valence-corrected chi connectivity index (χ4v) is 3.48. The molecule has 124 valence electrons. The van der Waals surface area contributed by atoms with E-state index in [0.29, 0.717) is 24.0 Å². The van der Waals surface area contributed by atoms with Crippen LogP contribution >= 0.6 is 0 Å². The van der Waals surface area contributed by atoms with Crippen LogP contribution in [0.1, 0.15) is 52.4 Å². The SMILES string of the molecule is C[C@@H]1CCCCN1c1nc(N=[N+]=[N-])nc(N2CCCC[C@H]2C)n1. The van der Waals surface area contributed by atoms with E-state index in [2.05, 4.69) is 43.6 Å². The van der Waals surface area contributed by atoms with E-state index in [1.54, 1.807) is 0 Å². The standard InChI is InChI=1S/C15H24N8/c1-11-7-3-5-9-22(11)14-17-13(20-21-16)18-15(19-14)23-10-6-4-8-12(23)2/h11-12H,3-10H2,1-2H3/t11-,12-/m1/s1. The van der Waals surface area contributed by atoms with Gasteiger partial charge in [0.15, 0.2) is 0 Å². The monoisotopic (exact) mass is 316 g/mol. The van der Waals surface area contributed by atoms with Crippen molar-refractivity contribution in [3.8, 4) is 0 Å². The van der Waals surface area contributed by atoms with Gasteiger partial charge in [-0.25, -0.2) is 0 Å². The molecule has 3 rings (SSSR count). The average molecular weight is 316 g/mol. The molecule has 8 heteroatoms. The predicted octanol–water partition coefficient (Wildman–Crippen LogP) is 3.57. The van der Waals surface area contributed by atoms with Crippen molar-refractivity contribution in [2.24, 2.45) is 5.11 Å². The van der Waals surface area contributed by atoms with E-state index in [0.717, 1.165) is 38.8 Å². The molecule has 3 heterocycles. The van der Waals surface area contributed by atoms with E-state index < -0.39 is 0 Å². The first-order valence-electron chi connectivity index (χ1n) is 8.53. The molecule has 0 N–H and O–H groups in total. The first kappa shape index (κ1) is 15.8. The van der Waals surface area contributed by atoms with Crippen molar-refractivity contribution in [1.82, 2.24) is 15.0 Å². The zero-order chi connectivity index (χ0) is 16.2. The van der Waals surface area contributed by atoms with Crippen LogP contribution in [0.15, 0.2) is 5.11 Å². The first-order valence-corrected chi connectivity index (χ1v) is 8.53. The second kappa shape index (κ2) is 7.00. The zero-order valence-corrected chi connectivity index (χ0v) is 13.9. The Bertz CT molecular complexity index is 557. The molecule has 1 aromatic rings. The number of anilines is 2. The van der Waals surface area contributed by atoms with Crippen LogP contribution in [-0.4, -0.2) is 40.1 Å². The normalized spacial score (nSPS) is 25.1. The molecule has 0 unspecified atom stereocenters. The van der Waals surface area contributed by atoms with E-state index in [9.17, 15) is 0 Å². The summed E-state index contributed by atoms with van der Waals surface area (Å²) in [4.78, 5) is 20.7. The number of rotatable bonds is 3. The van der Waals surface area contributed by atoms with Gasteiger partial charge in [-0.1, -0.05) is 0 Å². The number of hydrogen-bond donors (Lipinski definition) is 0. The Labute approximate surface area is 136 Å². The molecule has 0 radical (unpaired) electrons. The highest BCUT2D eigenvalue weighted by Crippen LogP contribution is 2.27. The van der Waals surface area contributed by atoms with Crippen LogP contribution < -0.4 is 9.80 Å². The van der Waals surface area contributed by atoms with Crippen LogP contribution in [0.4, 0.5) is 17.8 Å². The Kier molecular flexibility index (Phi) is 4.81. The molecule has 0 aliphatic carbocycles. The van der Waals surface area contributed by atoms with Gasteiger partial charge in [0, 0.05) is 30.1 Å². The Morgan fingerprint density at radius 2 is 1.43 bits per heavy atom. The lowest BCUT2D eigenvalue weighted by Crippen LogP contribution is -2.41. The fraction of sp³-hybridized carbons (Fsp3) is 0.800. The molecule has 2 fully saturated rings. The highest BCUT2D eigenvalue weighted by atomic mass is 15.4. The summed E-state index contributed by atoms with van der Waals surface area (Å²) in [7, 11) is 0. The van der Waals surface area contributed by atoms with Crippen LogP contribution in [0.2, 0.25) is 0 Å². The number of hydrogen-bond acceptors (Lipinski definition) is 6. The molecule has 2 atom stereocenters. The topological polar surface area (TPSA) is 93.9 Å². The smallest absolute Gasteiger partial charge is 0.230 e. The van der Waals surface area contributed by atoms with E-state index in [-0.39, 0.29) is 5.95 Å². The van der Waals surface area contributed by atoms with Gasteiger partial charge in [-0.3, -0.25) is 0 Å². The van der Waals surface area contributed by atoms with Gasteiger partial charge in [-0.05, 0) is 63.0 Å². The van der Waals surface area contributed by atoms with E-state index in [1.807, 2.05) is 0 Å². The third-order valence-corrected chi connectivity index (χ3v) is 4.85. The third-order valence-electron chi connectivity index (χ3n) is 4.85. The van der Waals surface area contributed by atoms with Crippen molar-refractivity contribution in [3.63, 3.8) is 0 Å². The molecule has 0 saturated carbocycles. The van der Waals surface area contributed by atoms with E-state index >= 15 is 0 Å². The minimum atomic E-state index is 0.169. The Hall–Kier alpha value is -2.08. The molecular weight excluding hydrogens is 292 g/mol. The Balaban J connectivity index is 1.97. The van der Waals surface area contributed by atoms with Gasteiger partial charge in [0.25, 0.3) is 0 Å². The Morgan fingerprint density at radius 3 is 1.87 bits per heavy atom. The second-order valence-electron chi connectivity index (χ2n) is 6.50. The summed E-state index contributed by atoms with van der Waals surface area (Å²) in [5.41, 5.74) is 8.76. The summed E-state index contributed by atoms with van der Waals surface area (Å²) in [5, 5.41) is 3.63. The van der Waals surface area contributed by atoms with Crippen molar-refractivity contribution in [1.29, 1.82) is 0 Å². The summed E-state index contributed by atoms with van der Waals surface area (Å²) in [6.45, 7) is 6.27. The fourth-order valence-electron chi connectivity index (χ4n) is 3.48. The molecule has 0 amide bonds. The lowest BCUT2D eigenvalue weighted by atomic mass is 10.0. The van der Waals surface area contributed by atoms with Crippen molar-refractivity contribution in [2.45, 2.75) is 64.5 Å². The van der Waals surface area contributed by atoms with Crippen molar-refractivity contribution in [3.05, 3.63) is 10.4 Å². The lowest BCUT2D eigenvalue weighted by molar-refractivity contribution is 0.467. The average Bonchev–Trinajstić information content (AvgIpc) is 2.56. The van der Waals surface area contributed by atoms with Crippen LogP contribution in [0.5, 0.6) is 0 Å². The van der Waals surface area contributed by atoms with Gasteiger partial charge in [0.05, 0.1) is 0 Å². The summed E-state index contributed by atoms with van der Waals surface area (Å²) in [5.74, 6) is 1.45. The molecule has 8 nitrogen and oxygen atoms in total. The largest absolute Gasteiger partial charge is 0.338 e. The van der Waals surface area contributed by atoms with Gasteiger partial charge < -0.3 is 9.80 Å². The maximum absolute atomic E-state index is 8.76. The molecule has 0 spiro atoms. The first-order chi connectivity index (χ1) is 11.2. The number of nitrogens with zero attached hydrogens (tertiary/aromatic N) is 8. The minimum absolute atomic E-state index is 0.169. The summed E-state index contributed by atoms with van der Waals surface area (Å²) in [6, 6.07) is 0.799. The van der Waals surface area contributed by atoms with Crippen LogP contribution in [0.3, 0.4) is 0 Å². The maximum atomic E-state index is 8.76. The van der Waals surface area contributed by atoms with Crippen LogP contribution in [0, 0.1) is 0 Å². The highest BCUT2D eigenvalue weighted by Gasteiger charge is 2.25. The van der Waals surface area contributed by atoms with Gasteiger partial charge in [-0.2, -0.15) is 15.0 Å². The summed E-state index contributed by atoms with van der Waals surface area (Å²) < 4.78 is 0. The van der Waals surface area contributed by atoms with Gasteiger partial charge in [0.1, 0.15) is 0 Å². The number of aromatic nitrogens is 3. The van der Waals surface area contributed by atoms with Gasteiger partial charge in [-0.15, -0.1) is 0 Å². The van der Waals surface area contributed by atoms with Crippen LogP contribution in [0.25, 0.3) is 10.4 Å². The molecule has 23 heavy (non-hydrogen) atoms. The van der Waals surface area contributed by atoms with E-state index in [1.165, 1.54) is 12.8 Å². The van der Waals surface area contributed by atoms with Crippen molar-refractivity contribution >= 4 is 17.8 Å². The minimum Gasteiger partial charge on any atom is -0.338 e. The zero-order valence-electron chi connectivity index (χ0n) is 13.9. The van der Waals surface area contributed by atoms with Gasteiger partial charge in [0.2, 0.25) is 17.8 Å². The quantitative estimate of drug-likeness (QED) is 0.482. The summed E-state index contributed by atoms with van der Waals surface area (Å²) in [6.07, 6.45) is 7.03. The lowest BCUT2D eigenvalue weighted by Gasteiger charge is -2.36. The summed E-state index contributed by atoms with van der Waals surface area (Å²) >= 11 is 0. The number of piperidine rings is 2. The predicted molar refractivity (Wildman–Crippen MR) is 90.0 cm³/mol. The molecule has 0 bridgehead atoms. The van der Waals surface area contributed by atoms with Crippen LogP contribution in [-0.2, 0) is 0 Å². The third kappa shape index (κ3) is 3.47. The van der Waals surface area contributed by atoms with E-state index in [4.69, 9.17) is 10.5 Å². The molecule has 2 aliphatic rings. The molecule has 1 aromatic heterocycles. The molecular formula is C15H24N8.